The van der Waals surface area contributed by atoms with Crippen molar-refractivity contribution in [3.8, 4) is 0 Å². The fourth-order valence-electron chi connectivity index (χ4n) is 1.94. The van der Waals surface area contributed by atoms with Gasteiger partial charge in [-0.2, -0.15) is 0 Å². The standard InChI is InChI=1S/C15H11BrFN3/c16-13-7-11(17)2-1-10(13)9-20-12-3-4-14-15(8-12)19-6-5-18-14/h1-8,20H,9H2. The van der Waals surface area contributed by atoms with E-state index >= 15 is 0 Å². The van der Waals surface area contributed by atoms with Gasteiger partial charge in [-0.15, -0.1) is 0 Å². The summed E-state index contributed by atoms with van der Waals surface area (Å²) >= 11 is 3.36. The van der Waals surface area contributed by atoms with Crippen molar-refractivity contribution in [1.29, 1.82) is 0 Å². The number of nitrogens with zero attached hydrogens (tertiary/aromatic N) is 2. The average molecular weight is 332 g/mol. The molecule has 1 aromatic heterocycles. The Balaban J connectivity index is 1.79. The average Bonchev–Trinajstić information content (AvgIpc) is 2.46. The van der Waals surface area contributed by atoms with Gasteiger partial charge in [0.1, 0.15) is 5.82 Å². The first-order valence-electron chi connectivity index (χ1n) is 6.11. The van der Waals surface area contributed by atoms with E-state index in [0.29, 0.717) is 6.54 Å². The number of fused-ring (bicyclic) bond motifs is 1. The van der Waals surface area contributed by atoms with Crippen LogP contribution in [0.2, 0.25) is 0 Å². The highest BCUT2D eigenvalue weighted by molar-refractivity contribution is 9.10. The number of halogens is 2. The zero-order valence-electron chi connectivity index (χ0n) is 10.5. The largest absolute Gasteiger partial charge is 0.381 e. The van der Waals surface area contributed by atoms with Gasteiger partial charge in [-0.1, -0.05) is 22.0 Å². The summed E-state index contributed by atoms with van der Waals surface area (Å²) in [4.78, 5) is 8.49. The van der Waals surface area contributed by atoms with Crippen molar-refractivity contribution in [2.24, 2.45) is 0 Å². The molecule has 20 heavy (non-hydrogen) atoms. The molecule has 1 heterocycles. The minimum atomic E-state index is -0.249. The van der Waals surface area contributed by atoms with Gasteiger partial charge in [0.15, 0.2) is 0 Å². The molecule has 100 valence electrons. The number of anilines is 1. The Bertz CT molecular complexity index is 761. The molecule has 0 aliphatic carbocycles. The van der Waals surface area contributed by atoms with E-state index in [1.165, 1.54) is 12.1 Å². The zero-order valence-corrected chi connectivity index (χ0v) is 12.1. The first kappa shape index (κ1) is 13.0. The van der Waals surface area contributed by atoms with Gasteiger partial charge < -0.3 is 5.32 Å². The molecule has 0 unspecified atom stereocenters. The van der Waals surface area contributed by atoms with Crippen LogP contribution in [0.1, 0.15) is 5.56 Å². The monoisotopic (exact) mass is 331 g/mol. The third-order valence-electron chi connectivity index (χ3n) is 2.97. The fourth-order valence-corrected chi connectivity index (χ4v) is 2.43. The van der Waals surface area contributed by atoms with Crippen LogP contribution >= 0.6 is 15.9 Å². The Kier molecular flexibility index (Phi) is 3.60. The van der Waals surface area contributed by atoms with Crippen LogP contribution in [-0.4, -0.2) is 9.97 Å². The number of nitrogens with one attached hydrogen (secondary N) is 1. The normalized spacial score (nSPS) is 10.7. The maximum Gasteiger partial charge on any atom is 0.124 e. The summed E-state index contributed by atoms with van der Waals surface area (Å²) in [6, 6.07) is 10.5. The highest BCUT2D eigenvalue weighted by Gasteiger charge is 2.02. The molecule has 1 N–H and O–H groups in total. The van der Waals surface area contributed by atoms with Gasteiger partial charge >= 0.3 is 0 Å². The molecule has 3 nitrogen and oxygen atoms in total. The maximum atomic E-state index is 13.0. The zero-order chi connectivity index (χ0) is 13.9. The van der Waals surface area contributed by atoms with Crippen molar-refractivity contribution in [2.45, 2.75) is 6.54 Å². The molecule has 3 rings (SSSR count). The molecule has 5 heteroatoms. The summed E-state index contributed by atoms with van der Waals surface area (Å²) in [6.45, 7) is 0.604. The number of rotatable bonds is 3. The van der Waals surface area contributed by atoms with Crippen LogP contribution in [0.15, 0.2) is 53.3 Å². The van der Waals surface area contributed by atoms with Crippen LogP contribution in [0.25, 0.3) is 11.0 Å². The Labute approximate surface area is 124 Å². The molecule has 0 bridgehead atoms. The van der Waals surface area contributed by atoms with Crippen molar-refractivity contribution >= 4 is 32.7 Å². The Morgan fingerprint density at radius 3 is 2.60 bits per heavy atom. The summed E-state index contributed by atoms with van der Waals surface area (Å²) in [5, 5.41) is 3.29. The molecule has 2 aromatic carbocycles. The van der Waals surface area contributed by atoms with E-state index in [9.17, 15) is 4.39 Å². The second-order valence-corrected chi connectivity index (χ2v) is 5.20. The molecule has 0 amide bonds. The molecule has 0 aliphatic rings. The van der Waals surface area contributed by atoms with E-state index < -0.39 is 0 Å². The summed E-state index contributed by atoms with van der Waals surface area (Å²) in [6.07, 6.45) is 3.34. The van der Waals surface area contributed by atoms with Gasteiger partial charge in [0.25, 0.3) is 0 Å². The molecule has 0 radical (unpaired) electrons. The van der Waals surface area contributed by atoms with Crippen LogP contribution in [0.5, 0.6) is 0 Å². The van der Waals surface area contributed by atoms with E-state index in [0.717, 1.165) is 26.8 Å². The van der Waals surface area contributed by atoms with E-state index in [4.69, 9.17) is 0 Å². The summed E-state index contributed by atoms with van der Waals surface area (Å²) < 4.78 is 13.8. The van der Waals surface area contributed by atoms with E-state index in [2.05, 4.69) is 31.2 Å². The Morgan fingerprint density at radius 1 is 1.00 bits per heavy atom. The molecule has 0 aliphatic heterocycles. The van der Waals surface area contributed by atoms with Gasteiger partial charge in [-0.25, -0.2) is 4.39 Å². The molecular formula is C15H11BrFN3. The van der Waals surface area contributed by atoms with Gasteiger partial charge in [-0.05, 0) is 35.9 Å². The first-order chi connectivity index (χ1) is 9.72. The second kappa shape index (κ2) is 5.54. The molecule has 3 aromatic rings. The Hall–Kier alpha value is -2.01. The summed E-state index contributed by atoms with van der Waals surface area (Å²) in [5.74, 6) is -0.249. The lowest BCUT2D eigenvalue weighted by Crippen LogP contribution is -2.00. The first-order valence-corrected chi connectivity index (χ1v) is 6.90. The van der Waals surface area contributed by atoms with Crippen LogP contribution in [0, 0.1) is 5.82 Å². The highest BCUT2D eigenvalue weighted by atomic mass is 79.9. The minimum absolute atomic E-state index is 0.249. The molecule has 0 fully saturated rings. The van der Waals surface area contributed by atoms with Gasteiger partial charge in [0, 0.05) is 29.1 Å². The Morgan fingerprint density at radius 2 is 1.80 bits per heavy atom. The summed E-state index contributed by atoms with van der Waals surface area (Å²) in [5.41, 5.74) is 3.65. The molecule has 0 atom stereocenters. The molecule has 0 spiro atoms. The van der Waals surface area contributed by atoms with Crippen molar-refractivity contribution in [1.82, 2.24) is 9.97 Å². The number of hydrogen-bond acceptors (Lipinski definition) is 3. The van der Waals surface area contributed by atoms with Crippen molar-refractivity contribution in [2.75, 3.05) is 5.32 Å². The second-order valence-electron chi connectivity index (χ2n) is 4.35. The smallest absolute Gasteiger partial charge is 0.124 e. The van der Waals surface area contributed by atoms with Crippen molar-refractivity contribution < 1.29 is 4.39 Å². The number of hydrogen-bond donors (Lipinski definition) is 1. The maximum absolute atomic E-state index is 13.0. The van der Waals surface area contributed by atoms with Crippen LogP contribution in [0.3, 0.4) is 0 Å². The van der Waals surface area contributed by atoms with Gasteiger partial charge in [0.05, 0.1) is 11.0 Å². The fraction of sp³-hybridized carbons (Fsp3) is 0.0667. The lowest BCUT2D eigenvalue weighted by Gasteiger charge is -2.09. The van der Waals surface area contributed by atoms with Gasteiger partial charge in [0.2, 0.25) is 0 Å². The number of benzene rings is 2. The highest BCUT2D eigenvalue weighted by Crippen LogP contribution is 2.20. The van der Waals surface area contributed by atoms with Crippen molar-refractivity contribution in [3.05, 3.63) is 64.6 Å². The molecular weight excluding hydrogens is 321 g/mol. The minimum Gasteiger partial charge on any atom is -0.381 e. The molecule has 0 saturated heterocycles. The van der Waals surface area contributed by atoms with Crippen molar-refractivity contribution in [3.63, 3.8) is 0 Å². The van der Waals surface area contributed by atoms with E-state index in [1.807, 2.05) is 18.2 Å². The SMILES string of the molecule is Fc1ccc(CNc2ccc3nccnc3c2)c(Br)c1. The third-order valence-corrected chi connectivity index (χ3v) is 3.71. The summed E-state index contributed by atoms with van der Waals surface area (Å²) in [7, 11) is 0. The van der Waals surface area contributed by atoms with E-state index in [1.54, 1.807) is 18.5 Å². The van der Waals surface area contributed by atoms with E-state index in [-0.39, 0.29) is 5.82 Å². The predicted molar refractivity (Wildman–Crippen MR) is 81.0 cm³/mol. The van der Waals surface area contributed by atoms with Crippen LogP contribution in [-0.2, 0) is 6.54 Å². The lowest BCUT2D eigenvalue weighted by atomic mass is 10.2. The quantitative estimate of drug-likeness (QED) is 0.783. The van der Waals surface area contributed by atoms with Gasteiger partial charge in [-0.3, -0.25) is 9.97 Å². The third kappa shape index (κ3) is 2.77. The number of aromatic nitrogens is 2. The lowest BCUT2D eigenvalue weighted by molar-refractivity contribution is 0.626. The topological polar surface area (TPSA) is 37.8 Å². The molecule has 0 saturated carbocycles. The van der Waals surface area contributed by atoms with Crippen LogP contribution < -0.4 is 5.32 Å². The van der Waals surface area contributed by atoms with Crippen LogP contribution in [0.4, 0.5) is 10.1 Å². The predicted octanol–water partition coefficient (Wildman–Crippen LogP) is 4.14.